The number of nitrogens with two attached hydrogens (primary N) is 1. The van der Waals surface area contributed by atoms with Gasteiger partial charge in [0.15, 0.2) is 0 Å². The fraction of sp³-hybridized carbons (Fsp3) is 0.231. The summed E-state index contributed by atoms with van der Waals surface area (Å²) in [6, 6.07) is 5.53. The molecule has 5 nitrogen and oxygen atoms in total. The monoisotopic (exact) mass is 376 g/mol. The van der Waals surface area contributed by atoms with E-state index in [9.17, 15) is 9.18 Å². The van der Waals surface area contributed by atoms with Gasteiger partial charge in [-0.3, -0.25) is 0 Å². The Morgan fingerprint density at radius 2 is 2.24 bits per heavy atom. The van der Waals surface area contributed by atoms with E-state index in [0.717, 1.165) is 10.0 Å². The Hall–Kier alpha value is -1.44. The summed E-state index contributed by atoms with van der Waals surface area (Å²) in [5, 5.41) is 3.97. The second-order valence-corrected chi connectivity index (χ2v) is 5.20. The third-order valence-electron chi connectivity index (χ3n) is 2.92. The van der Waals surface area contributed by atoms with Gasteiger partial charge in [-0.2, -0.15) is 5.10 Å². The fourth-order valence-electron chi connectivity index (χ4n) is 1.74. The lowest BCUT2D eigenvalue weighted by atomic mass is 10.2. The normalized spacial score (nSPS) is 11.3. The third kappa shape index (κ3) is 3.81. The van der Waals surface area contributed by atoms with E-state index in [-0.39, 0.29) is 31.2 Å². The lowest BCUT2D eigenvalue weighted by Crippen LogP contribution is -2.26. The van der Waals surface area contributed by atoms with Crippen LogP contribution in [0.15, 0.2) is 45.7 Å². The Balaban J connectivity index is 0.00000220. The summed E-state index contributed by atoms with van der Waals surface area (Å²) in [5.41, 5.74) is 7.06. The van der Waals surface area contributed by atoms with E-state index in [1.807, 2.05) is 19.1 Å². The molecule has 0 saturated carbocycles. The van der Waals surface area contributed by atoms with Gasteiger partial charge in [-0.15, -0.1) is 12.4 Å². The number of aromatic nitrogens is 3. The number of hydrogen-bond donors (Lipinski definition) is 1. The molecule has 2 N–H and O–H groups in total. The zero-order valence-corrected chi connectivity index (χ0v) is 13.7. The number of aryl methyl sites for hydroxylation is 1. The van der Waals surface area contributed by atoms with Crippen molar-refractivity contribution in [3.8, 4) is 5.69 Å². The van der Waals surface area contributed by atoms with E-state index in [4.69, 9.17) is 5.73 Å². The molecule has 0 bridgehead atoms. The molecule has 21 heavy (non-hydrogen) atoms. The Morgan fingerprint density at radius 1 is 1.52 bits per heavy atom. The summed E-state index contributed by atoms with van der Waals surface area (Å²) in [6.45, 7) is 2.03. The molecule has 0 aliphatic rings. The van der Waals surface area contributed by atoms with Crippen molar-refractivity contribution < 1.29 is 4.39 Å². The Kier molecular flexibility index (Phi) is 6.32. The van der Waals surface area contributed by atoms with Crippen molar-refractivity contribution >= 4 is 28.3 Å². The highest BCUT2D eigenvalue weighted by Crippen LogP contribution is 2.18. The number of benzene rings is 1. The lowest BCUT2D eigenvalue weighted by Gasteiger charge is -2.04. The van der Waals surface area contributed by atoms with Crippen LogP contribution < -0.4 is 11.4 Å². The third-order valence-corrected chi connectivity index (χ3v) is 3.81. The number of halogens is 3. The molecule has 8 heteroatoms. The van der Waals surface area contributed by atoms with Gasteiger partial charge in [0.1, 0.15) is 6.33 Å². The fourth-order valence-corrected chi connectivity index (χ4v) is 1.98. The van der Waals surface area contributed by atoms with Gasteiger partial charge < -0.3 is 5.73 Å². The predicted molar refractivity (Wildman–Crippen MR) is 85.8 cm³/mol. The van der Waals surface area contributed by atoms with E-state index in [2.05, 4.69) is 21.0 Å². The summed E-state index contributed by atoms with van der Waals surface area (Å²) < 4.78 is 16.1. The van der Waals surface area contributed by atoms with Crippen LogP contribution in [0.1, 0.15) is 5.56 Å². The molecule has 0 aliphatic carbocycles. The van der Waals surface area contributed by atoms with Crippen molar-refractivity contribution in [1.29, 1.82) is 0 Å². The minimum absolute atomic E-state index is 0. The van der Waals surface area contributed by atoms with Crippen molar-refractivity contribution in [2.24, 2.45) is 5.73 Å². The van der Waals surface area contributed by atoms with Crippen LogP contribution in [0.2, 0.25) is 0 Å². The predicted octanol–water partition coefficient (Wildman–Crippen LogP) is 2.34. The topological polar surface area (TPSA) is 65.8 Å². The van der Waals surface area contributed by atoms with Gasteiger partial charge in [0.25, 0.3) is 0 Å². The average Bonchev–Trinajstić information content (AvgIpc) is 2.80. The quantitative estimate of drug-likeness (QED) is 0.889. The van der Waals surface area contributed by atoms with Crippen molar-refractivity contribution in [2.75, 3.05) is 6.54 Å². The SMILES string of the molecule is Cc1cc(-n2cnn(C/C(=C/F)CN)c2=O)ccc1Br.Cl. The standard InChI is InChI=1S/C13H14BrFN4O.ClH/c1-9-4-11(2-3-12(9)14)18-8-17-19(13(18)20)7-10(5-15)6-16;/h2-5,8H,6-7,16H2,1H3;1H/b10-5+;. The van der Waals surface area contributed by atoms with Gasteiger partial charge in [0.05, 0.1) is 18.6 Å². The van der Waals surface area contributed by atoms with Crippen LogP contribution in [-0.4, -0.2) is 20.9 Å². The molecule has 0 spiro atoms. The van der Waals surface area contributed by atoms with Crippen LogP contribution in [0.3, 0.4) is 0 Å². The molecule has 114 valence electrons. The molecular weight excluding hydrogens is 363 g/mol. The Morgan fingerprint density at radius 3 is 2.81 bits per heavy atom. The summed E-state index contributed by atoms with van der Waals surface area (Å²) in [7, 11) is 0. The molecule has 2 aromatic rings. The maximum absolute atomic E-state index is 12.5. The number of hydrogen-bond acceptors (Lipinski definition) is 3. The minimum Gasteiger partial charge on any atom is -0.327 e. The summed E-state index contributed by atoms with van der Waals surface area (Å²) in [6.07, 6.45) is 1.83. The van der Waals surface area contributed by atoms with Gasteiger partial charge >= 0.3 is 5.69 Å². The van der Waals surface area contributed by atoms with Crippen molar-refractivity contribution in [3.63, 3.8) is 0 Å². The molecule has 0 amide bonds. The van der Waals surface area contributed by atoms with Gasteiger partial charge in [0, 0.05) is 11.0 Å². The smallest absolute Gasteiger partial charge is 0.327 e. The van der Waals surface area contributed by atoms with E-state index >= 15 is 0 Å². The second-order valence-electron chi connectivity index (χ2n) is 4.35. The summed E-state index contributed by atoms with van der Waals surface area (Å²) in [4.78, 5) is 12.2. The molecule has 0 unspecified atom stereocenters. The zero-order valence-electron chi connectivity index (χ0n) is 11.3. The van der Waals surface area contributed by atoms with Crippen molar-refractivity contribution in [2.45, 2.75) is 13.5 Å². The average molecular weight is 378 g/mol. The highest BCUT2D eigenvalue weighted by molar-refractivity contribution is 9.10. The minimum atomic E-state index is -0.334. The first-order valence-corrected chi connectivity index (χ1v) is 6.75. The molecule has 1 heterocycles. The largest absolute Gasteiger partial charge is 0.350 e. The Bertz CT molecular complexity index is 710. The molecule has 0 saturated heterocycles. The highest BCUT2D eigenvalue weighted by atomic mass is 79.9. The molecule has 1 aromatic heterocycles. The van der Waals surface area contributed by atoms with Crippen LogP contribution in [0.4, 0.5) is 4.39 Å². The van der Waals surface area contributed by atoms with Crippen molar-refractivity contribution in [3.05, 3.63) is 56.9 Å². The van der Waals surface area contributed by atoms with Gasteiger partial charge in [0.2, 0.25) is 0 Å². The van der Waals surface area contributed by atoms with Gasteiger partial charge in [-0.25, -0.2) is 18.4 Å². The van der Waals surface area contributed by atoms with E-state index in [1.165, 1.54) is 15.6 Å². The first-order chi connectivity index (χ1) is 9.56. The van der Waals surface area contributed by atoms with Crippen LogP contribution in [0.25, 0.3) is 5.69 Å². The van der Waals surface area contributed by atoms with E-state index in [0.29, 0.717) is 17.6 Å². The lowest BCUT2D eigenvalue weighted by molar-refractivity contribution is 0.612. The van der Waals surface area contributed by atoms with Crippen LogP contribution in [0, 0.1) is 6.92 Å². The number of nitrogens with zero attached hydrogens (tertiary/aromatic N) is 3. The first-order valence-electron chi connectivity index (χ1n) is 5.96. The van der Waals surface area contributed by atoms with Crippen molar-refractivity contribution in [1.82, 2.24) is 14.3 Å². The van der Waals surface area contributed by atoms with E-state index < -0.39 is 0 Å². The zero-order chi connectivity index (χ0) is 14.7. The highest BCUT2D eigenvalue weighted by Gasteiger charge is 2.09. The number of rotatable bonds is 4. The van der Waals surface area contributed by atoms with Crippen LogP contribution in [0.5, 0.6) is 0 Å². The van der Waals surface area contributed by atoms with Gasteiger partial charge in [-0.05, 0) is 36.3 Å². The van der Waals surface area contributed by atoms with Gasteiger partial charge in [-0.1, -0.05) is 15.9 Å². The summed E-state index contributed by atoms with van der Waals surface area (Å²) in [5.74, 6) is 0. The summed E-state index contributed by atoms with van der Waals surface area (Å²) >= 11 is 3.41. The second kappa shape index (κ2) is 7.53. The molecule has 0 radical (unpaired) electrons. The van der Waals surface area contributed by atoms with Crippen LogP contribution in [-0.2, 0) is 6.54 Å². The molecule has 0 atom stereocenters. The molecule has 1 aromatic carbocycles. The molecule has 0 fully saturated rings. The van der Waals surface area contributed by atoms with Crippen LogP contribution >= 0.6 is 28.3 Å². The Labute approximate surface area is 135 Å². The molecular formula is C13H15BrClFN4O. The molecule has 0 aliphatic heterocycles. The van der Waals surface area contributed by atoms with E-state index in [1.54, 1.807) is 6.07 Å². The maximum atomic E-state index is 12.5. The molecule has 2 rings (SSSR count). The first kappa shape index (κ1) is 17.6. The maximum Gasteiger partial charge on any atom is 0.350 e.